The summed E-state index contributed by atoms with van der Waals surface area (Å²) in [5.74, 6) is 2.37. The van der Waals surface area contributed by atoms with Gasteiger partial charge in [-0.15, -0.1) is 0 Å². The summed E-state index contributed by atoms with van der Waals surface area (Å²) < 4.78 is 15.2. The Hall–Kier alpha value is -0.320. The van der Waals surface area contributed by atoms with Gasteiger partial charge in [0.15, 0.2) is 0 Å². The quantitative estimate of drug-likeness (QED) is 0.226. The molecule has 1 aromatic carbocycles. The van der Waals surface area contributed by atoms with E-state index < -0.39 is 0 Å². The van der Waals surface area contributed by atoms with Crippen molar-refractivity contribution in [1.29, 1.82) is 0 Å². The van der Waals surface area contributed by atoms with Crippen LogP contribution in [0.2, 0.25) is 0 Å². The molecular weight excluding hydrogens is 582 g/mol. The molecular formula is C25H39Br2N3O3S. The lowest BCUT2D eigenvalue weighted by Gasteiger charge is -2.33. The van der Waals surface area contributed by atoms with Crippen molar-refractivity contribution < 1.29 is 14.3 Å². The number of hydrogen-bond acceptors (Lipinski definition) is 6. The Kier molecular flexibility index (Phi) is 12.0. The Morgan fingerprint density at radius 1 is 1.12 bits per heavy atom. The summed E-state index contributed by atoms with van der Waals surface area (Å²) in [5.41, 5.74) is 0. The third kappa shape index (κ3) is 8.96. The zero-order valence-electron chi connectivity index (χ0n) is 20.7. The van der Waals surface area contributed by atoms with Crippen molar-refractivity contribution in [3.05, 3.63) is 21.1 Å². The third-order valence-electron chi connectivity index (χ3n) is 6.86. The topological polar surface area (TPSA) is 45.3 Å². The third-order valence-corrected chi connectivity index (χ3v) is 9.30. The van der Waals surface area contributed by atoms with Crippen LogP contribution in [-0.2, 0) is 9.53 Å². The van der Waals surface area contributed by atoms with E-state index in [9.17, 15) is 4.79 Å². The van der Waals surface area contributed by atoms with Crippen LogP contribution in [0.5, 0.6) is 5.75 Å². The molecule has 1 saturated carbocycles. The first kappa shape index (κ1) is 28.3. The minimum Gasteiger partial charge on any atom is -0.495 e. The summed E-state index contributed by atoms with van der Waals surface area (Å²) in [6.07, 6.45) is 7.85. The molecule has 1 heterocycles. The molecule has 1 aliphatic carbocycles. The highest BCUT2D eigenvalue weighted by atomic mass is 79.9. The number of hydrogen-bond donors (Lipinski definition) is 0. The van der Waals surface area contributed by atoms with Gasteiger partial charge >= 0.3 is 0 Å². The van der Waals surface area contributed by atoms with Gasteiger partial charge in [-0.1, -0.05) is 15.9 Å². The molecule has 0 unspecified atom stereocenters. The highest BCUT2D eigenvalue weighted by Crippen LogP contribution is 2.39. The fraction of sp³-hybridized carbons (Fsp3) is 0.720. The summed E-state index contributed by atoms with van der Waals surface area (Å²) in [7, 11) is 5.60. The average molecular weight is 621 g/mol. The standard InChI is InChI=1S/C25H39Br2N3O3S/c1-28(16-19-6-8-20(9-7-19)17-30-10-4-5-11-30)24(31)18-33-13-12-29(2)34-25-22(27)14-21(26)15-23(25)32-3/h14-15,19-20H,4-13,16-18H2,1-3H3. The number of carbonyl (C=O) groups is 1. The van der Waals surface area contributed by atoms with Crippen LogP contribution in [0, 0.1) is 11.8 Å². The van der Waals surface area contributed by atoms with Crippen molar-refractivity contribution in [2.24, 2.45) is 11.8 Å². The molecule has 0 aromatic heterocycles. The van der Waals surface area contributed by atoms with E-state index in [2.05, 4.69) is 41.1 Å². The molecule has 1 aromatic rings. The number of amides is 1. The maximum absolute atomic E-state index is 12.6. The summed E-state index contributed by atoms with van der Waals surface area (Å²) in [4.78, 5) is 18.1. The number of likely N-dealkylation sites (tertiary alicyclic amines) is 1. The van der Waals surface area contributed by atoms with E-state index in [1.54, 1.807) is 19.1 Å². The van der Waals surface area contributed by atoms with Crippen molar-refractivity contribution in [2.45, 2.75) is 43.4 Å². The van der Waals surface area contributed by atoms with Crippen LogP contribution < -0.4 is 4.74 Å². The predicted molar refractivity (Wildman–Crippen MR) is 146 cm³/mol. The molecule has 0 spiro atoms. The van der Waals surface area contributed by atoms with Crippen molar-refractivity contribution >= 4 is 49.7 Å². The Morgan fingerprint density at radius 3 is 2.47 bits per heavy atom. The second-order valence-corrected chi connectivity index (χ2v) is 12.6. The molecule has 192 valence electrons. The Bertz CT molecular complexity index is 787. The average Bonchev–Trinajstić information content (AvgIpc) is 3.32. The maximum Gasteiger partial charge on any atom is 0.248 e. The van der Waals surface area contributed by atoms with Gasteiger partial charge in [-0.05, 0) is 111 Å². The summed E-state index contributed by atoms with van der Waals surface area (Å²) in [5, 5.41) is 0. The molecule has 0 radical (unpaired) electrons. The molecule has 34 heavy (non-hydrogen) atoms. The van der Waals surface area contributed by atoms with Gasteiger partial charge in [-0.25, -0.2) is 4.31 Å². The molecule has 6 nitrogen and oxygen atoms in total. The molecule has 0 atom stereocenters. The van der Waals surface area contributed by atoms with E-state index in [1.165, 1.54) is 58.2 Å². The van der Waals surface area contributed by atoms with E-state index in [1.807, 2.05) is 31.1 Å². The maximum atomic E-state index is 12.6. The molecule has 1 amide bonds. The lowest BCUT2D eigenvalue weighted by atomic mass is 9.81. The summed E-state index contributed by atoms with van der Waals surface area (Å²) in [6, 6.07) is 3.95. The number of rotatable bonds is 12. The SMILES string of the molecule is COc1cc(Br)cc(Br)c1SN(C)CCOCC(=O)N(C)CC1CCC(CN2CCCC2)CC1. The largest absolute Gasteiger partial charge is 0.495 e. The molecule has 2 aliphatic rings. The zero-order valence-corrected chi connectivity index (χ0v) is 24.7. The summed E-state index contributed by atoms with van der Waals surface area (Å²) in [6.45, 7) is 6.07. The number of ether oxygens (including phenoxy) is 2. The molecule has 9 heteroatoms. The highest BCUT2D eigenvalue weighted by Gasteiger charge is 2.25. The fourth-order valence-electron chi connectivity index (χ4n) is 4.86. The molecule has 1 saturated heterocycles. The normalized spacial score (nSPS) is 21.2. The van der Waals surface area contributed by atoms with Crippen LogP contribution in [0.25, 0.3) is 0 Å². The first-order valence-electron chi connectivity index (χ1n) is 12.3. The molecule has 3 rings (SSSR count). The van der Waals surface area contributed by atoms with Crippen LogP contribution in [0.3, 0.4) is 0 Å². The van der Waals surface area contributed by atoms with Crippen LogP contribution >= 0.6 is 43.8 Å². The first-order valence-corrected chi connectivity index (χ1v) is 14.7. The predicted octanol–water partition coefficient (Wildman–Crippen LogP) is 5.54. The minimum atomic E-state index is 0.0758. The Labute approximate surface area is 226 Å². The number of likely N-dealkylation sites (N-methyl/N-ethyl adjacent to an activating group) is 2. The van der Waals surface area contributed by atoms with Crippen molar-refractivity contribution in [3.63, 3.8) is 0 Å². The Morgan fingerprint density at radius 2 is 1.79 bits per heavy atom. The molecule has 1 aliphatic heterocycles. The molecule has 2 fully saturated rings. The van der Waals surface area contributed by atoms with Gasteiger partial charge in [0.25, 0.3) is 0 Å². The van der Waals surface area contributed by atoms with Gasteiger partial charge < -0.3 is 19.3 Å². The number of carbonyl (C=O) groups excluding carboxylic acids is 1. The van der Waals surface area contributed by atoms with E-state index in [0.29, 0.717) is 19.1 Å². The number of halogens is 2. The minimum absolute atomic E-state index is 0.0758. The van der Waals surface area contributed by atoms with Crippen molar-refractivity contribution in [3.8, 4) is 5.75 Å². The second kappa shape index (κ2) is 14.4. The lowest BCUT2D eigenvalue weighted by Crippen LogP contribution is -2.37. The van der Waals surface area contributed by atoms with E-state index in [4.69, 9.17) is 9.47 Å². The van der Waals surface area contributed by atoms with Gasteiger partial charge in [0.2, 0.25) is 5.91 Å². The van der Waals surface area contributed by atoms with E-state index in [-0.39, 0.29) is 12.5 Å². The smallest absolute Gasteiger partial charge is 0.248 e. The van der Waals surface area contributed by atoms with Gasteiger partial charge in [-0.2, -0.15) is 0 Å². The molecule has 0 N–H and O–H groups in total. The second-order valence-electron chi connectivity index (χ2n) is 9.58. The van der Waals surface area contributed by atoms with Crippen LogP contribution in [0.4, 0.5) is 0 Å². The van der Waals surface area contributed by atoms with Crippen LogP contribution in [0.1, 0.15) is 38.5 Å². The van der Waals surface area contributed by atoms with Crippen molar-refractivity contribution in [1.82, 2.24) is 14.1 Å². The summed E-state index contributed by atoms with van der Waals surface area (Å²) >= 11 is 8.69. The number of nitrogens with zero attached hydrogens (tertiary/aromatic N) is 3. The lowest BCUT2D eigenvalue weighted by molar-refractivity contribution is -0.135. The Balaban J connectivity index is 1.30. The monoisotopic (exact) mass is 619 g/mol. The van der Waals surface area contributed by atoms with Gasteiger partial charge in [0.05, 0.1) is 18.6 Å². The van der Waals surface area contributed by atoms with Gasteiger partial charge in [-0.3, -0.25) is 4.79 Å². The molecule has 0 bridgehead atoms. The van der Waals surface area contributed by atoms with Crippen LogP contribution in [-0.4, -0.2) is 87.2 Å². The fourth-order valence-corrected chi connectivity index (χ4v) is 7.12. The van der Waals surface area contributed by atoms with E-state index in [0.717, 1.165) is 32.1 Å². The highest BCUT2D eigenvalue weighted by molar-refractivity contribution is 9.11. The number of benzene rings is 1. The van der Waals surface area contributed by atoms with Gasteiger partial charge in [0.1, 0.15) is 12.4 Å². The number of methoxy groups -OCH3 is 1. The van der Waals surface area contributed by atoms with Crippen LogP contribution in [0.15, 0.2) is 26.0 Å². The first-order chi connectivity index (χ1) is 16.4. The zero-order chi connectivity index (χ0) is 24.5. The van der Waals surface area contributed by atoms with E-state index >= 15 is 0 Å². The van der Waals surface area contributed by atoms with Gasteiger partial charge in [0, 0.05) is 35.6 Å². The van der Waals surface area contributed by atoms with Crippen molar-refractivity contribution in [2.75, 3.05) is 67.1 Å².